The average Bonchev–Trinajstić information content (AvgIpc) is 3.63. The van der Waals surface area contributed by atoms with Gasteiger partial charge in [-0.15, -0.1) is 0 Å². The highest BCUT2D eigenvalue weighted by molar-refractivity contribution is 7.92. The minimum Gasteiger partial charge on any atom is -0.324 e. The summed E-state index contributed by atoms with van der Waals surface area (Å²) in [6.07, 6.45) is 2.28. The Morgan fingerprint density at radius 2 is 1.32 bits per heavy atom. The predicted octanol–water partition coefficient (Wildman–Crippen LogP) is 3.50. The highest BCUT2D eigenvalue weighted by atomic mass is 32.2. The molecule has 3 N–H and O–H groups in total. The maximum absolute atomic E-state index is 12.6. The van der Waals surface area contributed by atoms with Crippen LogP contribution >= 0.6 is 0 Å². The molecule has 1 amide bonds. The van der Waals surface area contributed by atoms with E-state index in [4.69, 9.17) is 0 Å². The van der Waals surface area contributed by atoms with Gasteiger partial charge in [0, 0.05) is 12.5 Å². The maximum atomic E-state index is 12.6. The number of sulfonamides is 2. The van der Waals surface area contributed by atoms with E-state index >= 15 is 0 Å². The Morgan fingerprint density at radius 1 is 0.735 bits per heavy atom. The Hall–Kier alpha value is -3.21. The van der Waals surface area contributed by atoms with Crippen molar-refractivity contribution in [3.63, 3.8) is 0 Å². The Labute approximate surface area is 199 Å². The van der Waals surface area contributed by atoms with Crippen molar-refractivity contribution in [3.05, 3.63) is 84.4 Å². The summed E-state index contributed by atoms with van der Waals surface area (Å²) in [5.41, 5.74) is 1.43. The van der Waals surface area contributed by atoms with Crippen molar-refractivity contribution in [1.82, 2.24) is 4.72 Å². The molecule has 0 unspecified atom stereocenters. The van der Waals surface area contributed by atoms with Crippen LogP contribution in [0.2, 0.25) is 0 Å². The topological polar surface area (TPSA) is 121 Å². The van der Waals surface area contributed by atoms with Crippen LogP contribution in [-0.4, -0.2) is 28.8 Å². The summed E-state index contributed by atoms with van der Waals surface area (Å²) in [7, 11) is -7.31. The Morgan fingerprint density at radius 3 is 1.97 bits per heavy atom. The van der Waals surface area contributed by atoms with E-state index < -0.39 is 20.0 Å². The van der Waals surface area contributed by atoms with Crippen LogP contribution in [0.25, 0.3) is 0 Å². The lowest BCUT2D eigenvalue weighted by Gasteiger charge is -2.13. The van der Waals surface area contributed by atoms with Gasteiger partial charge in [-0.2, -0.15) is 0 Å². The van der Waals surface area contributed by atoms with Gasteiger partial charge in [0.1, 0.15) is 0 Å². The molecule has 8 nitrogen and oxygen atoms in total. The van der Waals surface area contributed by atoms with E-state index in [9.17, 15) is 21.6 Å². The van der Waals surface area contributed by atoms with Crippen LogP contribution in [0.5, 0.6) is 0 Å². The van der Waals surface area contributed by atoms with E-state index in [0.29, 0.717) is 12.1 Å². The van der Waals surface area contributed by atoms with Gasteiger partial charge in [0.25, 0.3) is 10.0 Å². The Kier molecular flexibility index (Phi) is 7.01. The summed E-state index contributed by atoms with van der Waals surface area (Å²) in [6, 6.07) is 21.0. The van der Waals surface area contributed by atoms with Crippen molar-refractivity contribution in [1.29, 1.82) is 0 Å². The number of benzene rings is 3. The molecule has 4 rings (SSSR count). The van der Waals surface area contributed by atoms with Crippen molar-refractivity contribution in [2.75, 3.05) is 10.0 Å². The van der Waals surface area contributed by atoms with E-state index in [0.717, 1.165) is 18.4 Å². The number of carbonyl (C=O) groups excluding carboxylic acids is 1. The summed E-state index contributed by atoms with van der Waals surface area (Å²) < 4.78 is 55.0. The molecule has 0 saturated heterocycles. The molecule has 1 aliphatic carbocycles. The fourth-order valence-electron chi connectivity index (χ4n) is 3.28. The molecule has 10 heteroatoms. The molecule has 34 heavy (non-hydrogen) atoms. The molecule has 0 spiro atoms. The summed E-state index contributed by atoms with van der Waals surface area (Å²) in [5.74, 6) is -0.293. The third-order valence-electron chi connectivity index (χ3n) is 5.27. The van der Waals surface area contributed by atoms with Crippen molar-refractivity contribution < 1.29 is 21.6 Å². The fraction of sp³-hybridized carbons (Fsp3) is 0.208. The lowest BCUT2D eigenvalue weighted by molar-refractivity contribution is -0.116. The average molecular weight is 500 g/mol. The van der Waals surface area contributed by atoms with Crippen molar-refractivity contribution in [2.24, 2.45) is 0 Å². The first-order valence-electron chi connectivity index (χ1n) is 10.8. The molecule has 1 aliphatic rings. The summed E-state index contributed by atoms with van der Waals surface area (Å²) in [6.45, 7) is 0. The molecule has 0 aliphatic heterocycles. The van der Waals surface area contributed by atoms with E-state index in [-0.39, 0.29) is 33.8 Å². The number of amides is 1. The summed E-state index contributed by atoms with van der Waals surface area (Å²) in [4.78, 5) is 12.9. The fourth-order valence-corrected chi connectivity index (χ4v) is 5.68. The minimum absolute atomic E-state index is 0.0356. The van der Waals surface area contributed by atoms with E-state index in [2.05, 4.69) is 14.8 Å². The van der Waals surface area contributed by atoms with Gasteiger partial charge < -0.3 is 5.32 Å². The number of rotatable bonds is 10. The van der Waals surface area contributed by atoms with Crippen LogP contribution in [0, 0.1) is 0 Å². The SMILES string of the molecule is O=C(CCc1ccc(S(=O)(=O)NC2CC2)cc1)Nc1ccccc1NS(=O)(=O)c1ccccc1. The Balaban J connectivity index is 1.36. The third-order valence-corrected chi connectivity index (χ3v) is 8.19. The molecule has 1 saturated carbocycles. The molecule has 0 radical (unpaired) electrons. The number of anilines is 2. The molecular weight excluding hydrogens is 474 g/mol. The minimum atomic E-state index is -3.80. The number of carbonyl (C=O) groups is 1. The molecular formula is C24H25N3O5S2. The van der Waals surface area contributed by atoms with Crippen LogP contribution in [0.4, 0.5) is 11.4 Å². The first kappa shape index (κ1) is 23.9. The van der Waals surface area contributed by atoms with Gasteiger partial charge in [0.2, 0.25) is 15.9 Å². The number of aryl methyl sites for hydroxylation is 1. The monoisotopic (exact) mass is 499 g/mol. The van der Waals surface area contributed by atoms with Crippen molar-refractivity contribution >= 4 is 37.3 Å². The van der Waals surface area contributed by atoms with Gasteiger partial charge in [0.05, 0.1) is 21.2 Å². The molecule has 1 fully saturated rings. The van der Waals surface area contributed by atoms with Crippen molar-refractivity contribution in [3.8, 4) is 0 Å². The van der Waals surface area contributed by atoms with Gasteiger partial charge in [-0.1, -0.05) is 42.5 Å². The first-order valence-corrected chi connectivity index (χ1v) is 13.8. The van der Waals surface area contributed by atoms with Gasteiger partial charge in [-0.05, 0) is 61.2 Å². The molecule has 0 bridgehead atoms. The van der Waals surface area contributed by atoms with Gasteiger partial charge in [0.15, 0.2) is 0 Å². The summed E-state index contributed by atoms with van der Waals surface area (Å²) in [5, 5.41) is 2.75. The van der Waals surface area contributed by atoms with E-state index in [1.807, 2.05) is 0 Å². The van der Waals surface area contributed by atoms with Gasteiger partial charge in [-0.25, -0.2) is 21.6 Å². The molecule has 3 aromatic rings. The second-order valence-electron chi connectivity index (χ2n) is 8.05. The lowest BCUT2D eigenvalue weighted by atomic mass is 10.1. The van der Waals surface area contributed by atoms with E-state index in [1.54, 1.807) is 54.6 Å². The van der Waals surface area contributed by atoms with E-state index in [1.165, 1.54) is 24.3 Å². The largest absolute Gasteiger partial charge is 0.324 e. The number of hydrogen-bond acceptors (Lipinski definition) is 5. The number of para-hydroxylation sites is 2. The van der Waals surface area contributed by atoms with Crippen LogP contribution < -0.4 is 14.8 Å². The highest BCUT2D eigenvalue weighted by Gasteiger charge is 2.27. The predicted molar refractivity (Wildman–Crippen MR) is 130 cm³/mol. The quantitative estimate of drug-likeness (QED) is 0.394. The standard InChI is InChI=1S/C24H25N3O5S2/c28-24(17-12-18-10-15-21(16-11-18)33(29,30)26-19-13-14-19)25-22-8-4-5-9-23(22)27-34(31,32)20-6-2-1-3-7-20/h1-11,15-16,19,26-27H,12-14,17H2,(H,25,28). The van der Waals surface area contributed by atoms with Gasteiger partial charge in [-0.3, -0.25) is 9.52 Å². The molecule has 178 valence electrons. The molecule has 3 aromatic carbocycles. The molecule has 0 atom stereocenters. The zero-order valence-corrected chi connectivity index (χ0v) is 19.9. The van der Waals surface area contributed by atoms with Crippen LogP contribution in [0.3, 0.4) is 0 Å². The van der Waals surface area contributed by atoms with Crippen molar-refractivity contribution in [2.45, 2.75) is 41.5 Å². The first-order chi connectivity index (χ1) is 16.2. The number of hydrogen-bond donors (Lipinski definition) is 3. The normalized spacial score (nSPS) is 13.9. The molecule has 0 heterocycles. The Bertz CT molecular complexity index is 1370. The van der Waals surface area contributed by atoms with Crippen LogP contribution in [-0.2, 0) is 31.3 Å². The third kappa shape index (κ3) is 6.22. The lowest BCUT2D eigenvalue weighted by Crippen LogP contribution is -2.25. The maximum Gasteiger partial charge on any atom is 0.261 e. The summed E-state index contributed by atoms with van der Waals surface area (Å²) >= 11 is 0. The van der Waals surface area contributed by atoms with Gasteiger partial charge >= 0.3 is 0 Å². The highest BCUT2D eigenvalue weighted by Crippen LogP contribution is 2.25. The molecule has 0 aromatic heterocycles. The van der Waals surface area contributed by atoms with Crippen LogP contribution in [0.1, 0.15) is 24.8 Å². The van der Waals surface area contributed by atoms with Crippen LogP contribution in [0.15, 0.2) is 88.7 Å². The zero-order valence-electron chi connectivity index (χ0n) is 18.3. The second-order valence-corrected chi connectivity index (χ2v) is 11.4. The number of nitrogens with one attached hydrogen (secondary N) is 3. The second kappa shape index (κ2) is 9.96. The zero-order chi connectivity index (χ0) is 24.2. The smallest absolute Gasteiger partial charge is 0.261 e.